The Bertz CT molecular complexity index is 537. The van der Waals surface area contributed by atoms with Gasteiger partial charge in [-0.15, -0.1) is 0 Å². The zero-order valence-corrected chi connectivity index (χ0v) is 12.3. The van der Waals surface area contributed by atoms with Gasteiger partial charge in [-0.3, -0.25) is 4.79 Å². The van der Waals surface area contributed by atoms with Crippen molar-refractivity contribution in [2.75, 3.05) is 25.0 Å². The van der Waals surface area contributed by atoms with Crippen molar-refractivity contribution in [3.05, 3.63) is 29.8 Å². The molecule has 1 aliphatic rings. The van der Waals surface area contributed by atoms with Crippen molar-refractivity contribution in [2.24, 2.45) is 5.92 Å². The Labute approximate surface area is 127 Å². The van der Waals surface area contributed by atoms with Gasteiger partial charge in [-0.1, -0.05) is 6.07 Å². The second-order valence-electron chi connectivity index (χ2n) is 5.05. The summed E-state index contributed by atoms with van der Waals surface area (Å²) in [5.41, 5.74) is -0.430. The summed E-state index contributed by atoms with van der Waals surface area (Å²) < 4.78 is 31.9. The second kappa shape index (κ2) is 7.20. The van der Waals surface area contributed by atoms with Gasteiger partial charge in [0.1, 0.15) is 17.3 Å². The van der Waals surface area contributed by atoms with Crippen LogP contribution in [0.3, 0.4) is 0 Å². The minimum absolute atomic E-state index is 0.297. The number of halogens is 2. The molecule has 22 heavy (non-hydrogen) atoms. The number of nitrogens with zero attached hydrogens (tertiary/aromatic N) is 1. The van der Waals surface area contributed by atoms with Crippen LogP contribution in [0.25, 0.3) is 0 Å². The SMILES string of the molecule is CCOC(=O)N1CCC(C(=O)Nc2c(F)cccc2F)CC1. The summed E-state index contributed by atoms with van der Waals surface area (Å²) in [6.45, 7) is 2.79. The third-order valence-corrected chi connectivity index (χ3v) is 3.60. The first-order valence-electron chi connectivity index (χ1n) is 7.19. The molecule has 0 bridgehead atoms. The van der Waals surface area contributed by atoms with Crippen molar-refractivity contribution in [1.29, 1.82) is 0 Å². The molecule has 0 unspecified atom stereocenters. The molecule has 1 aromatic carbocycles. The molecule has 0 aliphatic carbocycles. The van der Waals surface area contributed by atoms with Gasteiger partial charge in [0.2, 0.25) is 5.91 Å². The van der Waals surface area contributed by atoms with Crippen molar-refractivity contribution in [2.45, 2.75) is 19.8 Å². The lowest BCUT2D eigenvalue weighted by atomic mass is 9.96. The zero-order chi connectivity index (χ0) is 16.1. The quantitative estimate of drug-likeness (QED) is 0.933. The number of carbonyl (C=O) groups is 2. The molecule has 7 heteroatoms. The van der Waals surface area contributed by atoms with E-state index in [4.69, 9.17) is 4.74 Å². The maximum atomic E-state index is 13.5. The number of piperidine rings is 1. The van der Waals surface area contributed by atoms with Crippen molar-refractivity contribution in [1.82, 2.24) is 4.90 Å². The fourth-order valence-corrected chi connectivity index (χ4v) is 2.38. The molecule has 0 atom stereocenters. The van der Waals surface area contributed by atoms with Gasteiger partial charge in [-0.2, -0.15) is 0 Å². The predicted octanol–water partition coefficient (Wildman–Crippen LogP) is 2.77. The molecule has 2 amide bonds. The summed E-state index contributed by atoms with van der Waals surface area (Å²) in [7, 11) is 0. The largest absolute Gasteiger partial charge is 0.450 e. The second-order valence-corrected chi connectivity index (χ2v) is 5.05. The van der Waals surface area contributed by atoms with Crippen LogP contribution in [0.5, 0.6) is 0 Å². The lowest BCUT2D eigenvalue weighted by Crippen LogP contribution is -2.41. The van der Waals surface area contributed by atoms with Gasteiger partial charge in [0, 0.05) is 19.0 Å². The zero-order valence-electron chi connectivity index (χ0n) is 12.3. The predicted molar refractivity (Wildman–Crippen MR) is 76.3 cm³/mol. The Morgan fingerprint density at radius 1 is 1.27 bits per heavy atom. The third kappa shape index (κ3) is 3.72. The average molecular weight is 312 g/mol. The highest BCUT2D eigenvalue weighted by Gasteiger charge is 2.28. The van der Waals surface area contributed by atoms with Crippen molar-refractivity contribution in [3.8, 4) is 0 Å². The third-order valence-electron chi connectivity index (χ3n) is 3.60. The summed E-state index contributed by atoms with van der Waals surface area (Å²) in [6, 6.07) is 3.41. The fourth-order valence-electron chi connectivity index (χ4n) is 2.38. The smallest absolute Gasteiger partial charge is 0.409 e. The van der Waals surface area contributed by atoms with Crippen LogP contribution in [0.4, 0.5) is 19.3 Å². The number of benzene rings is 1. The minimum atomic E-state index is -0.808. The van der Waals surface area contributed by atoms with E-state index in [9.17, 15) is 18.4 Å². The summed E-state index contributed by atoms with van der Waals surface area (Å²) in [4.78, 5) is 25.2. The highest BCUT2D eigenvalue weighted by molar-refractivity contribution is 5.93. The van der Waals surface area contributed by atoms with E-state index in [-0.39, 0.29) is 5.92 Å². The van der Waals surface area contributed by atoms with Crippen LogP contribution in [-0.4, -0.2) is 36.6 Å². The summed E-state index contributed by atoms with van der Waals surface area (Å²) in [5, 5.41) is 2.29. The molecular formula is C15H18F2N2O3. The van der Waals surface area contributed by atoms with Crippen LogP contribution in [-0.2, 0) is 9.53 Å². The van der Waals surface area contributed by atoms with E-state index in [2.05, 4.69) is 5.32 Å². The number of carbonyl (C=O) groups excluding carboxylic acids is 2. The van der Waals surface area contributed by atoms with Crippen molar-refractivity contribution < 1.29 is 23.1 Å². The number of para-hydroxylation sites is 1. The first-order chi connectivity index (χ1) is 10.5. The van der Waals surface area contributed by atoms with Crippen LogP contribution in [0, 0.1) is 17.6 Å². The molecule has 1 heterocycles. The number of ether oxygens (including phenoxy) is 1. The molecule has 0 saturated carbocycles. The van der Waals surface area contributed by atoms with Crippen LogP contribution in [0.1, 0.15) is 19.8 Å². The topological polar surface area (TPSA) is 58.6 Å². The number of hydrogen-bond acceptors (Lipinski definition) is 3. The summed E-state index contributed by atoms with van der Waals surface area (Å²) >= 11 is 0. The molecule has 2 rings (SSSR count). The highest BCUT2D eigenvalue weighted by atomic mass is 19.1. The van der Waals surface area contributed by atoms with Crippen LogP contribution in [0.15, 0.2) is 18.2 Å². The molecule has 0 aromatic heterocycles. The Balaban J connectivity index is 1.92. The Morgan fingerprint density at radius 3 is 2.41 bits per heavy atom. The Morgan fingerprint density at radius 2 is 1.86 bits per heavy atom. The average Bonchev–Trinajstić information content (AvgIpc) is 2.51. The molecule has 120 valence electrons. The van der Waals surface area contributed by atoms with Crippen LogP contribution < -0.4 is 5.32 Å². The van der Waals surface area contributed by atoms with E-state index < -0.39 is 29.3 Å². The number of nitrogens with one attached hydrogen (secondary N) is 1. The van der Waals surface area contributed by atoms with Gasteiger partial charge < -0.3 is 15.0 Å². The van der Waals surface area contributed by atoms with E-state index in [0.717, 1.165) is 12.1 Å². The molecular weight excluding hydrogens is 294 g/mol. The number of rotatable bonds is 3. The molecule has 0 spiro atoms. The number of likely N-dealkylation sites (tertiary alicyclic amines) is 1. The van der Waals surface area contributed by atoms with E-state index in [1.807, 2.05) is 0 Å². The highest BCUT2D eigenvalue weighted by Crippen LogP contribution is 2.23. The van der Waals surface area contributed by atoms with Gasteiger partial charge in [0.05, 0.1) is 6.61 Å². The number of amides is 2. The molecule has 1 N–H and O–H groups in total. The summed E-state index contributed by atoms with van der Waals surface area (Å²) in [5.74, 6) is -2.44. The van der Waals surface area contributed by atoms with E-state index in [1.165, 1.54) is 11.0 Å². The van der Waals surface area contributed by atoms with Gasteiger partial charge >= 0.3 is 6.09 Å². The first kappa shape index (κ1) is 16.2. The van der Waals surface area contributed by atoms with Crippen molar-refractivity contribution >= 4 is 17.7 Å². The summed E-state index contributed by atoms with van der Waals surface area (Å²) in [6.07, 6.45) is 0.461. The number of hydrogen-bond donors (Lipinski definition) is 1. The van der Waals surface area contributed by atoms with Crippen LogP contribution >= 0.6 is 0 Å². The Kier molecular flexibility index (Phi) is 5.30. The van der Waals surface area contributed by atoms with E-state index in [1.54, 1.807) is 6.92 Å². The molecule has 1 fully saturated rings. The van der Waals surface area contributed by atoms with Gasteiger partial charge in [-0.25, -0.2) is 13.6 Å². The van der Waals surface area contributed by atoms with Gasteiger partial charge in [0.25, 0.3) is 0 Å². The number of anilines is 1. The monoisotopic (exact) mass is 312 g/mol. The standard InChI is InChI=1S/C15H18F2N2O3/c1-2-22-15(21)19-8-6-10(7-9-19)14(20)18-13-11(16)4-3-5-12(13)17/h3-5,10H,2,6-9H2,1H3,(H,18,20). The van der Waals surface area contributed by atoms with E-state index >= 15 is 0 Å². The molecule has 1 saturated heterocycles. The maximum Gasteiger partial charge on any atom is 0.409 e. The first-order valence-corrected chi connectivity index (χ1v) is 7.19. The fraction of sp³-hybridized carbons (Fsp3) is 0.467. The van der Waals surface area contributed by atoms with E-state index in [0.29, 0.717) is 32.5 Å². The maximum absolute atomic E-state index is 13.5. The molecule has 1 aliphatic heterocycles. The normalized spacial score (nSPS) is 15.5. The Hall–Kier alpha value is -2.18. The van der Waals surface area contributed by atoms with Crippen molar-refractivity contribution in [3.63, 3.8) is 0 Å². The van der Waals surface area contributed by atoms with Gasteiger partial charge in [0.15, 0.2) is 0 Å². The van der Waals surface area contributed by atoms with Gasteiger partial charge in [-0.05, 0) is 31.9 Å². The lowest BCUT2D eigenvalue weighted by molar-refractivity contribution is -0.121. The minimum Gasteiger partial charge on any atom is -0.450 e. The molecule has 0 radical (unpaired) electrons. The van der Waals surface area contributed by atoms with Crippen LogP contribution in [0.2, 0.25) is 0 Å². The molecule has 5 nitrogen and oxygen atoms in total. The lowest BCUT2D eigenvalue weighted by Gasteiger charge is -2.30. The molecule has 1 aromatic rings.